The fourth-order valence-electron chi connectivity index (χ4n) is 1.73. The van der Waals surface area contributed by atoms with Crippen molar-refractivity contribution in [1.29, 1.82) is 0 Å². The van der Waals surface area contributed by atoms with Crippen LogP contribution in [0.25, 0.3) is 0 Å². The predicted octanol–water partition coefficient (Wildman–Crippen LogP) is 2.77. The van der Waals surface area contributed by atoms with E-state index < -0.39 is 0 Å². The number of nitrogens with zero attached hydrogens (tertiary/aromatic N) is 1. The molecular weight excluding hydrogens is 158 g/mol. The summed E-state index contributed by atoms with van der Waals surface area (Å²) in [6, 6.07) is 0. The van der Waals surface area contributed by atoms with Crippen LogP contribution in [0.2, 0.25) is 0 Å². The molecule has 1 aliphatic rings. The van der Waals surface area contributed by atoms with Crippen LogP contribution >= 0.6 is 0 Å². The number of likely N-dealkylation sites (tertiary alicyclic amines) is 1. The smallest absolute Gasteiger partial charge is 0.0236 e. The zero-order chi connectivity index (χ0) is 9.84. The van der Waals surface area contributed by atoms with Crippen LogP contribution in [-0.4, -0.2) is 25.0 Å². The molecule has 0 aliphatic carbocycles. The first-order chi connectivity index (χ1) is 6.19. The standard InChI is InChI=1S/C12H19N/c1-5-10(3)12-9-13(4)8-7-11(12)6-2/h5-6H,1,7-9H2,2-4H3/b11-6-,12-10-. The Kier molecular flexibility index (Phi) is 3.49. The number of hydrogen-bond donors (Lipinski definition) is 0. The predicted molar refractivity (Wildman–Crippen MR) is 58.8 cm³/mol. The van der Waals surface area contributed by atoms with E-state index in [-0.39, 0.29) is 0 Å². The molecule has 0 aromatic heterocycles. The third-order valence-corrected chi connectivity index (χ3v) is 2.71. The summed E-state index contributed by atoms with van der Waals surface area (Å²) >= 11 is 0. The van der Waals surface area contributed by atoms with E-state index in [1.54, 1.807) is 0 Å². The van der Waals surface area contributed by atoms with Gasteiger partial charge in [-0.1, -0.05) is 18.7 Å². The molecule has 0 atom stereocenters. The molecule has 1 aliphatic heterocycles. The third kappa shape index (κ3) is 2.31. The Labute approximate surface area is 81.4 Å². The van der Waals surface area contributed by atoms with Gasteiger partial charge in [0, 0.05) is 13.1 Å². The molecule has 72 valence electrons. The second-order valence-corrected chi connectivity index (χ2v) is 3.67. The van der Waals surface area contributed by atoms with E-state index in [9.17, 15) is 0 Å². The van der Waals surface area contributed by atoms with Gasteiger partial charge in [0.25, 0.3) is 0 Å². The molecule has 13 heavy (non-hydrogen) atoms. The van der Waals surface area contributed by atoms with Gasteiger partial charge >= 0.3 is 0 Å². The lowest BCUT2D eigenvalue weighted by molar-refractivity contribution is 0.347. The normalized spacial score (nSPS) is 26.2. The molecule has 1 heteroatoms. The number of hydrogen-bond acceptors (Lipinski definition) is 1. The molecule has 0 radical (unpaired) electrons. The third-order valence-electron chi connectivity index (χ3n) is 2.71. The molecule has 0 spiro atoms. The molecule has 0 bridgehead atoms. The SMILES string of the molecule is C=C/C(C)=C1/CN(C)CC/C1=C/C. The van der Waals surface area contributed by atoms with Crippen molar-refractivity contribution in [2.24, 2.45) is 0 Å². The van der Waals surface area contributed by atoms with Gasteiger partial charge in [0.05, 0.1) is 0 Å². The van der Waals surface area contributed by atoms with Crippen molar-refractivity contribution in [2.75, 3.05) is 20.1 Å². The van der Waals surface area contributed by atoms with E-state index in [1.165, 1.54) is 29.7 Å². The summed E-state index contributed by atoms with van der Waals surface area (Å²) < 4.78 is 0. The average molecular weight is 177 g/mol. The maximum Gasteiger partial charge on any atom is 0.0236 e. The van der Waals surface area contributed by atoms with Crippen LogP contribution in [-0.2, 0) is 0 Å². The Morgan fingerprint density at radius 1 is 1.54 bits per heavy atom. The van der Waals surface area contributed by atoms with Crippen LogP contribution in [0.1, 0.15) is 20.3 Å². The lowest BCUT2D eigenvalue weighted by Gasteiger charge is -2.28. The van der Waals surface area contributed by atoms with Gasteiger partial charge in [0.15, 0.2) is 0 Å². The monoisotopic (exact) mass is 177 g/mol. The zero-order valence-corrected chi connectivity index (χ0v) is 8.93. The maximum atomic E-state index is 3.83. The Morgan fingerprint density at radius 2 is 2.23 bits per heavy atom. The van der Waals surface area contributed by atoms with Crippen LogP contribution in [0.4, 0.5) is 0 Å². The number of likely N-dealkylation sites (N-methyl/N-ethyl adjacent to an activating group) is 1. The average Bonchev–Trinajstić information content (AvgIpc) is 2.16. The molecule has 0 unspecified atom stereocenters. The van der Waals surface area contributed by atoms with Crippen LogP contribution in [0.3, 0.4) is 0 Å². The van der Waals surface area contributed by atoms with Gasteiger partial charge in [-0.15, -0.1) is 0 Å². The van der Waals surface area contributed by atoms with Gasteiger partial charge in [-0.05, 0) is 44.0 Å². The van der Waals surface area contributed by atoms with E-state index >= 15 is 0 Å². The summed E-state index contributed by atoms with van der Waals surface area (Å²) in [5, 5.41) is 0. The summed E-state index contributed by atoms with van der Waals surface area (Å²) in [4.78, 5) is 2.36. The quantitative estimate of drug-likeness (QED) is 0.595. The van der Waals surface area contributed by atoms with Crippen LogP contribution in [0.15, 0.2) is 35.5 Å². The fourth-order valence-corrected chi connectivity index (χ4v) is 1.73. The highest BCUT2D eigenvalue weighted by Gasteiger charge is 2.15. The molecule has 0 amide bonds. The van der Waals surface area contributed by atoms with Crippen LogP contribution < -0.4 is 0 Å². The van der Waals surface area contributed by atoms with Crippen molar-refractivity contribution in [3.8, 4) is 0 Å². The number of allylic oxidation sites excluding steroid dienone is 3. The summed E-state index contributed by atoms with van der Waals surface area (Å²) in [5.74, 6) is 0. The highest BCUT2D eigenvalue weighted by molar-refractivity contribution is 5.41. The van der Waals surface area contributed by atoms with Crippen molar-refractivity contribution < 1.29 is 0 Å². The number of piperidine rings is 1. The van der Waals surface area contributed by atoms with E-state index in [0.29, 0.717) is 0 Å². The molecule has 1 saturated heterocycles. The van der Waals surface area contributed by atoms with Crippen molar-refractivity contribution in [3.05, 3.63) is 35.5 Å². The molecule has 0 aromatic carbocycles. The topological polar surface area (TPSA) is 3.24 Å². The minimum Gasteiger partial charge on any atom is -0.302 e. The summed E-state index contributed by atoms with van der Waals surface area (Å²) in [7, 11) is 2.17. The molecule has 1 heterocycles. The Balaban J connectivity index is 2.96. The van der Waals surface area contributed by atoms with E-state index in [2.05, 4.69) is 38.5 Å². The maximum absolute atomic E-state index is 3.83. The zero-order valence-electron chi connectivity index (χ0n) is 8.93. The van der Waals surface area contributed by atoms with Gasteiger partial charge in [-0.3, -0.25) is 0 Å². The fraction of sp³-hybridized carbons (Fsp3) is 0.500. The lowest BCUT2D eigenvalue weighted by Crippen LogP contribution is -2.29. The van der Waals surface area contributed by atoms with Crippen LogP contribution in [0.5, 0.6) is 0 Å². The highest BCUT2D eigenvalue weighted by atomic mass is 15.1. The van der Waals surface area contributed by atoms with Crippen LogP contribution in [0, 0.1) is 0 Å². The minimum absolute atomic E-state index is 1.07. The molecule has 0 aromatic rings. The molecule has 1 fully saturated rings. The molecule has 0 saturated carbocycles. The molecular formula is C12H19N. The molecule has 1 rings (SSSR count). The summed E-state index contributed by atoms with van der Waals surface area (Å²) in [5.41, 5.74) is 4.28. The second kappa shape index (κ2) is 4.43. The Morgan fingerprint density at radius 3 is 2.77 bits per heavy atom. The van der Waals surface area contributed by atoms with E-state index in [4.69, 9.17) is 0 Å². The van der Waals surface area contributed by atoms with Gasteiger partial charge in [-0.2, -0.15) is 0 Å². The van der Waals surface area contributed by atoms with E-state index in [1.807, 2.05) is 6.08 Å². The largest absolute Gasteiger partial charge is 0.302 e. The van der Waals surface area contributed by atoms with Gasteiger partial charge < -0.3 is 4.90 Å². The first-order valence-corrected chi connectivity index (χ1v) is 4.85. The highest BCUT2D eigenvalue weighted by Crippen LogP contribution is 2.24. The van der Waals surface area contributed by atoms with Gasteiger partial charge in [0.1, 0.15) is 0 Å². The van der Waals surface area contributed by atoms with Gasteiger partial charge in [0.2, 0.25) is 0 Å². The number of rotatable bonds is 1. The lowest BCUT2D eigenvalue weighted by atomic mass is 9.94. The molecule has 0 N–H and O–H groups in total. The minimum atomic E-state index is 1.07. The summed E-state index contributed by atoms with van der Waals surface area (Å²) in [6.45, 7) is 10.3. The molecule has 1 nitrogen and oxygen atoms in total. The Hall–Kier alpha value is -0.820. The Bertz CT molecular complexity index is 258. The summed E-state index contributed by atoms with van der Waals surface area (Å²) in [6.07, 6.45) is 5.36. The van der Waals surface area contributed by atoms with Crippen molar-refractivity contribution in [3.63, 3.8) is 0 Å². The van der Waals surface area contributed by atoms with Crippen molar-refractivity contribution in [2.45, 2.75) is 20.3 Å². The first-order valence-electron chi connectivity index (χ1n) is 4.85. The van der Waals surface area contributed by atoms with Crippen molar-refractivity contribution >= 4 is 0 Å². The van der Waals surface area contributed by atoms with Gasteiger partial charge in [-0.25, -0.2) is 0 Å². The first kappa shape index (κ1) is 10.3. The van der Waals surface area contributed by atoms with E-state index in [0.717, 1.165) is 6.54 Å². The van der Waals surface area contributed by atoms with Crippen molar-refractivity contribution in [1.82, 2.24) is 4.90 Å². The second-order valence-electron chi connectivity index (χ2n) is 3.67.